The zero-order valence-corrected chi connectivity index (χ0v) is 12.8. The van der Waals surface area contributed by atoms with E-state index >= 15 is 0 Å². The number of hydrogen-bond acceptors (Lipinski definition) is 2. The van der Waals surface area contributed by atoms with Gasteiger partial charge in [0.1, 0.15) is 0 Å². The van der Waals surface area contributed by atoms with Gasteiger partial charge in [-0.05, 0) is 55.9 Å². The second-order valence-corrected chi connectivity index (χ2v) is 7.72. The van der Waals surface area contributed by atoms with Crippen molar-refractivity contribution in [3.8, 4) is 0 Å². The molecule has 2 unspecified atom stereocenters. The summed E-state index contributed by atoms with van der Waals surface area (Å²) in [7, 11) is 0. The molecule has 0 bridgehead atoms. The van der Waals surface area contributed by atoms with Crippen molar-refractivity contribution < 1.29 is 0 Å². The van der Waals surface area contributed by atoms with Gasteiger partial charge in [-0.1, -0.05) is 27.7 Å². The number of hydrogen-bond donors (Lipinski definition) is 1. The Kier molecular flexibility index (Phi) is 4.38. The third-order valence-corrected chi connectivity index (χ3v) is 5.10. The standard InChI is InChI=1S/C16H32N2/c1-12(2)8-10-18(14-5-6-14)11-13-7-9-16(3,4)15(13)17/h12-15H,5-11,17H2,1-4H3. The SMILES string of the molecule is CC(C)CCN(CC1CCC(C)(C)C1N)C1CC1. The van der Waals surface area contributed by atoms with Crippen molar-refractivity contribution in [2.24, 2.45) is 23.0 Å². The fourth-order valence-corrected chi connectivity index (χ4v) is 3.33. The predicted octanol–water partition coefficient (Wildman–Crippen LogP) is 3.26. The first-order chi connectivity index (χ1) is 8.40. The summed E-state index contributed by atoms with van der Waals surface area (Å²) >= 11 is 0. The minimum Gasteiger partial charge on any atom is -0.327 e. The summed E-state index contributed by atoms with van der Waals surface area (Å²) in [6.45, 7) is 11.9. The molecule has 18 heavy (non-hydrogen) atoms. The van der Waals surface area contributed by atoms with Crippen molar-refractivity contribution in [3.63, 3.8) is 0 Å². The second kappa shape index (κ2) is 5.50. The van der Waals surface area contributed by atoms with E-state index in [4.69, 9.17) is 5.73 Å². The maximum absolute atomic E-state index is 6.45. The molecule has 0 spiro atoms. The van der Waals surface area contributed by atoms with Crippen LogP contribution in [0.1, 0.15) is 59.8 Å². The summed E-state index contributed by atoms with van der Waals surface area (Å²) in [5, 5.41) is 0. The van der Waals surface area contributed by atoms with Gasteiger partial charge >= 0.3 is 0 Å². The fourth-order valence-electron chi connectivity index (χ4n) is 3.33. The Morgan fingerprint density at radius 3 is 2.33 bits per heavy atom. The topological polar surface area (TPSA) is 29.3 Å². The van der Waals surface area contributed by atoms with Crippen LogP contribution in [0.5, 0.6) is 0 Å². The van der Waals surface area contributed by atoms with Crippen LogP contribution < -0.4 is 5.73 Å². The molecular weight excluding hydrogens is 220 g/mol. The number of nitrogens with zero attached hydrogens (tertiary/aromatic N) is 1. The molecule has 2 aliphatic carbocycles. The first-order valence-corrected chi connectivity index (χ1v) is 7.90. The molecule has 0 heterocycles. The Morgan fingerprint density at radius 1 is 1.22 bits per heavy atom. The molecule has 0 aromatic carbocycles. The molecule has 2 fully saturated rings. The van der Waals surface area contributed by atoms with Gasteiger partial charge in [0.05, 0.1) is 0 Å². The van der Waals surface area contributed by atoms with Gasteiger partial charge in [-0.3, -0.25) is 0 Å². The highest BCUT2D eigenvalue weighted by Crippen LogP contribution is 2.41. The Bertz CT molecular complexity index is 268. The zero-order valence-electron chi connectivity index (χ0n) is 12.8. The summed E-state index contributed by atoms with van der Waals surface area (Å²) in [5.74, 6) is 1.55. The zero-order chi connectivity index (χ0) is 13.3. The lowest BCUT2D eigenvalue weighted by atomic mass is 9.85. The third-order valence-electron chi connectivity index (χ3n) is 5.10. The summed E-state index contributed by atoms with van der Waals surface area (Å²) in [6.07, 6.45) is 6.81. The molecule has 0 aromatic rings. The van der Waals surface area contributed by atoms with E-state index in [2.05, 4.69) is 32.6 Å². The van der Waals surface area contributed by atoms with Gasteiger partial charge in [0.25, 0.3) is 0 Å². The first kappa shape index (κ1) is 14.3. The molecule has 2 rings (SSSR count). The fraction of sp³-hybridized carbons (Fsp3) is 1.00. The minimum atomic E-state index is 0.359. The van der Waals surface area contributed by atoms with Crippen LogP contribution in [-0.2, 0) is 0 Å². The van der Waals surface area contributed by atoms with Crippen LogP contribution in [0, 0.1) is 17.3 Å². The summed E-state index contributed by atoms with van der Waals surface area (Å²) in [6, 6.07) is 1.29. The molecular formula is C16H32N2. The molecule has 2 nitrogen and oxygen atoms in total. The largest absolute Gasteiger partial charge is 0.327 e. The van der Waals surface area contributed by atoms with Crippen LogP contribution in [0.3, 0.4) is 0 Å². The molecule has 0 aromatic heterocycles. The minimum absolute atomic E-state index is 0.359. The highest BCUT2D eigenvalue weighted by atomic mass is 15.2. The van der Waals surface area contributed by atoms with E-state index in [-0.39, 0.29) is 0 Å². The van der Waals surface area contributed by atoms with E-state index in [9.17, 15) is 0 Å². The van der Waals surface area contributed by atoms with Gasteiger partial charge in [0.2, 0.25) is 0 Å². The highest BCUT2D eigenvalue weighted by molar-refractivity contribution is 4.96. The molecule has 0 radical (unpaired) electrons. The van der Waals surface area contributed by atoms with Crippen molar-refractivity contribution in [1.29, 1.82) is 0 Å². The van der Waals surface area contributed by atoms with E-state index in [1.807, 2.05) is 0 Å². The lowest BCUT2D eigenvalue weighted by Crippen LogP contribution is -2.43. The summed E-state index contributed by atoms with van der Waals surface area (Å²) < 4.78 is 0. The van der Waals surface area contributed by atoms with Crippen molar-refractivity contribution in [3.05, 3.63) is 0 Å². The maximum atomic E-state index is 6.45. The monoisotopic (exact) mass is 252 g/mol. The van der Waals surface area contributed by atoms with Gasteiger partial charge in [0.15, 0.2) is 0 Å². The third kappa shape index (κ3) is 3.48. The molecule has 2 atom stereocenters. The lowest BCUT2D eigenvalue weighted by molar-refractivity contribution is 0.189. The highest BCUT2D eigenvalue weighted by Gasteiger charge is 2.41. The van der Waals surface area contributed by atoms with Gasteiger partial charge in [-0.2, -0.15) is 0 Å². The van der Waals surface area contributed by atoms with E-state index in [0.29, 0.717) is 11.5 Å². The van der Waals surface area contributed by atoms with Crippen LogP contribution in [0.2, 0.25) is 0 Å². The smallest absolute Gasteiger partial charge is 0.0131 e. The lowest BCUT2D eigenvalue weighted by Gasteiger charge is -2.31. The normalized spacial score (nSPS) is 31.5. The molecule has 2 saturated carbocycles. The van der Waals surface area contributed by atoms with E-state index in [0.717, 1.165) is 17.9 Å². The van der Waals surface area contributed by atoms with Crippen LogP contribution in [0.15, 0.2) is 0 Å². The Labute approximate surface area is 113 Å². The van der Waals surface area contributed by atoms with Crippen LogP contribution >= 0.6 is 0 Å². The van der Waals surface area contributed by atoms with E-state index in [1.165, 1.54) is 45.2 Å². The first-order valence-electron chi connectivity index (χ1n) is 7.90. The number of nitrogens with two attached hydrogens (primary N) is 1. The number of rotatable bonds is 6. The molecule has 0 amide bonds. The molecule has 2 N–H and O–H groups in total. The summed E-state index contributed by atoms with van der Waals surface area (Å²) in [5.41, 5.74) is 6.81. The molecule has 2 heteroatoms. The van der Waals surface area contributed by atoms with Gasteiger partial charge in [-0.25, -0.2) is 0 Å². The predicted molar refractivity (Wildman–Crippen MR) is 78.5 cm³/mol. The van der Waals surface area contributed by atoms with Crippen LogP contribution in [0.4, 0.5) is 0 Å². The van der Waals surface area contributed by atoms with Crippen LogP contribution in [0.25, 0.3) is 0 Å². The van der Waals surface area contributed by atoms with Crippen molar-refractivity contribution >= 4 is 0 Å². The average Bonchev–Trinajstić information content (AvgIpc) is 3.07. The average molecular weight is 252 g/mol. The van der Waals surface area contributed by atoms with Gasteiger partial charge in [0, 0.05) is 18.6 Å². The molecule has 106 valence electrons. The molecule has 0 aliphatic heterocycles. The van der Waals surface area contributed by atoms with Crippen molar-refractivity contribution in [2.75, 3.05) is 13.1 Å². The van der Waals surface area contributed by atoms with Crippen molar-refractivity contribution in [2.45, 2.75) is 71.9 Å². The second-order valence-electron chi connectivity index (χ2n) is 7.72. The van der Waals surface area contributed by atoms with Gasteiger partial charge < -0.3 is 10.6 Å². The van der Waals surface area contributed by atoms with Gasteiger partial charge in [-0.15, -0.1) is 0 Å². The van der Waals surface area contributed by atoms with Crippen molar-refractivity contribution in [1.82, 2.24) is 4.90 Å². The Hall–Kier alpha value is -0.0800. The quantitative estimate of drug-likeness (QED) is 0.786. The molecule has 0 saturated heterocycles. The van der Waals surface area contributed by atoms with E-state index < -0.39 is 0 Å². The molecule has 2 aliphatic rings. The Balaban J connectivity index is 1.85. The maximum Gasteiger partial charge on any atom is 0.0131 e. The Morgan fingerprint density at radius 2 is 1.89 bits per heavy atom. The van der Waals surface area contributed by atoms with E-state index in [1.54, 1.807) is 0 Å². The summed E-state index contributed by atoms with van der Waals surface area (Å²) in [4.78, 5) is 2.74. The van der Waals surface area contributed by atoms with Crippen LogP contribution in [-0.4, -0.2) is 30.1 Å².